The first-order valence-corrected chi connectivity index (χ1v) is 16.8. The molecular formula is C32H46N4O4S2. The highest BCUT2D eigenvalue weighted by molar-refractivity contribution is 8.26. The summed E-state index contributed by atoms with van der Waals surface area (Å²) in [7, 11) is 1.66. The number of ether oxygens (including phenoxy) is 1. The fourth-order valence-electron chi connectivity index (χ4n) is 5.76. The molecule has 8 nitrogen and oxygen atoms in total. The van der Waals surface area contributed by atoms with Gasteiger partial charge in [-0.1, -0.05) is 88.7 Å². The quantitative estimate of drug-likeness (QED) is 0.0961. The van der Waals surface area contributed by atoms with Gasteiger partial charge in [-0.3, -0.25) is 23.9 Å². The number of piperidine rings is 1. The summed E-state index contributed by atoms with van der Waals surface area (Å²) in [6.07, 6.45) is 15.2. The van der Waals surface area contributed by atoms with Crippen molar-refractivity contribution < 1.29 is 14.3 Å². The minimum absolute atomic E-state index is 0.0646. The van der Waals surface area contributed by atoms with Crippen LogP contribution in [-0.2, 0) is 21.4 Å². The molecule has 1 aromatic heterocycles. The second-order valence-electron chi connectivity index (χ2n) is 11.2. The van der Waals surface area contributed by atoms with E-state index in [0.29, 0.717) is 65.3 Å². The lowest BCUT2D eigenvalue weighted by Crippen LogP contribution is -2.40. The van der Waals surface area contributed by atoms with E-state index in [9.17, 15) is 19.6 Å². The highest BCUT2D eigenvalue weighted by Gasteiger charge is 2.34. The van der Waals surface area contributed by atoms with Crippen molar-refractivity contribution in [1.29, 1.82) is 5.26 Å². The molecule has 42 heavy (non-hydrogen) atoms. The fourth-order valence-corrected chi connectivity index (χ4v) is 7.05. The molecule has 0 saturated carbocycles. The first-order chi connectivity index (χ1) is 20.2. The Labute approximate surface area is 260 Å². The van der Waals surface area contributed by atoms with Crippen molar-refractivity contribution in [2.24, 2.45) is 13.0 Å². The Morgan fingerprint density at radius 1 is 1.05 bits per heavy atom. The number of aromatic nitrogens is 1. The van der Waals surface area contributed by atoms with Crippen molar-refractivity contribution in [2.45, 2.75) is 97.8 Å². The van der Waals surface area contributed by atoms with Crippen molar-refractivity contribution in [3.05, 3.63) is 31.9 Å². The van der Waals surface area contributed by atoms with Crippen LogP contribution in [0.15, 0.2) is 9.70 Å². The average Bonchev–Trinajstić information content (AvgIpc) is 3.24. The van der Waals surface area contributed by atoms with Crippen molar-refractivity contribution in [3.63, 3.8) is 0 Å². The van der Waals surface area contributed by atoms with Crippen LogP contribution in [0.2, 0.25) is 0 Å². The topological polar surface area (TPSA) is 95.6 Å². The van der Waals surface area contributed by atoms with Crippen molar-refractivity contribution in [3.8, 4) is 6.07 Å². The van der Waals surface area contributed by atoms with Crippen LogP contribution in [-0.4, -0.2) is 51.9 Å². The summed E-state index contributed by atoms with van der Waals surface area (Å²) in [6.45, 7) is 7.86. The zero-order valence-electron chi connectivity index (χ0n) is 25.7. The average molecular weight is 615 g/mol. The molecule has 2 saturated heterocycles. The molecule has 1 aromatic rings. The summed E-state index contributed by atoms with van der Waals surface area (Å²) in [5.74, 6) is 0.162. The Balaban J connectivity index is 1.71. The number of nitriles is 1. The van der Waals surface area contributed by atoms with Gasteiger partial charge < -0.3 is 9.64 Å². The smallest absolute Gasteiger partial charge is 0.309 e. The molecule has 0 aromatic carbocycles. The maximum absolute atomic E-state index is 13.4. The van der Waals surface area contributed by atoms with Crippen molar-refractivity contribution >= 4 is 52.1 Å². The van der Waals surface area contributed by atoms with Gasteiger partial charge in [0.05, 0.1) is 17.4 Å². The number of carbonyl (C=O) groups excluding carboxylic acids is 2. The van der Waals surface area contributed by atoms with Crippen LogP contribution in [0.5, 0.6) is 0 Å². The predicted octanol–water partition coefficient (Wildman–Crippen LogP) is 6.47. The number of thioether (sulfide) groups is 1. The second-order valence-corrected chi connectivity index (χ2v) is 12.9. The van der Waals surface area contributed by atoms with Crippen LogP contribution in [0.1, 0.15) is 108 Å². The van der Waals surface area contributed by atoms with E-state index >= 15 is 0 Å². The van der Waals surface area contributed by atoms with Crippen molar-refractivity contribution in [2.75, 3.05) is 31.1 Å². The molecule has 2 aliphatic heterocycles. The van der Waals surface area contributed by atoms with E-state index in [2.05, 4.69) is 17.9 Å². The predicted molar refractivity (Wildman–Crippen MR) is 174 cm³/mol. The zero-order valence-corrected chi connectivity index (χ0v) is 27.3. The van der Waals surface area contributed by atoms with Gasteiger partial charge in [0.25, 0.3) is 11.5 Å². The molecular weight excluding hydrogens is 569 g/mol. The van der Waals surface area contributed by atoms with Gasteiger partial charge in [0, 0.05) is 32.2 Å². The minimum atomic E-state index is -0.372. The molecule has 0 unspecified atom stereocenters. The van der Waals surface area contributed by atoms with E-state index in [0.717, 1.165) is 12.8 Å². The summed E-state index contributed by atoms with van der Waals surface area (Å²) in [5, 5.41) is 9.77. The molecule has 1 amide bonds. The molecule has 3 rings (SSSR count). The SMILES string of the molecule is CCCCCCCCCCCCN1C(=O)/C(=C\c2c(C)c(C#N)c(=O)n(C)c2N2CCC(C(=O)OCC)CC2)SC1=S. The van der Waals surface area contributed by atoms with Crippen LogP contribution >= 0.6 is 24.0 Å². The number of nitrogens with zero attached hydrogens (tertiary/aromatic N) is 4. The molecule has 2 fully saturated rings. The number of esters is 1. The lowest BCUT2D eigenvalue weighted by molar-refractivity contribution is -0.148. The van der Waals surface area contributed by atoms with Gasteiger partial charge in [-0.25, -0.2) is 0 Å². The van der Waals surface area contributed by atoms with Gasteiger partial charge in [0.1, 0.15) is 21.8 Å². The highest BCUT2D eigenvalue weighted by atomic mass is 32.2. The standard InChI is InChI=1S/C32H46N4O4S2/c1-5-7-8-9-10-11-12-13-14-15-18-36-30(38)27(42-32(36)41)21-25-23(3)26(22-33)29(37)34(4)28(25)35-19-16-24(17-20-35)31(39)40-6-2/h21,24H,5-20H2,1-4H3/b27-21+. The Hall–Kier alpha value is -2.64. The first-order valence-electron chi connectivity index (χ1n) is 15.6. The molecule has 0 radical (unpaired) electrons. The molecule has 230 valence electrons. The van der Waals surface area contributed by atoms with E-state index in [4.69, 9.17) is 17.0 Å². The maximum atomic E-state index is 13.4. The van der Waals surface area contributed by atoms with Crippen molar-refractivity contribution in [1.82, 2.24) is 9.47 Å². The lowest BCUT2D eigenvalue weighted by Gasteiger charge is -2.35. The Bertz CT molecular complexity index is 1260. The number of anilines is 1. The molecule has 0 atom stereocenters. The molecule has 10 heteroatoms. The van der Waals surface area contributed by atoms with Crippen LogP contribution in [0, 0.1) is 24.2 Å². The van der Waals surface area contributed by atoms with Crippen LogP contribution in [0.25, 0.3) is 6.08 Å². The first kappa shape index (κ1) is 33.9. The molecule has 0 N–H and O–H groups in total. The van der Waals surface area contributed by atoms with E-state index in [1.807, 2.05) is 0 Å². The largest absolute Gasteiger partial charge is 0.466 e. The van der Waals surface area contributed by atoms with Crippen LogP contribution in [0.4, 0.5) is 5.82 Å². The molecule has 0 bridgehead atoms. The Morgan fingerprint density at radius 2 is 1.64 bits per heavy atom. The zero-order chi connectivity index (χ0) is 30.6. The summed E-state index contributed by atoms with van der Waals surface area (Å²) < 4.78 is 7.25. The molecule has 0 spiro atoms. The van der Waals surface area contributed by atoms with Gasteiger partial charge in [0.2, 0.25) is 0 Å². The summed E-state index contributed by atoms with van der Waals surface area (Å²) in [4.78, 5) is 43.1. The van der Waals surface area contributed by atoms with E-state index in [-0.39, 0.29) is 28.9 Å². The molecule has 2 aliphatic rings. The number of hydrogen-bond acceptors (Lipinski definition) is 8. The third-order valence-electron chi connectivity index (χ3n) is 8.27. The van der Waals surface area contributed by atoms with Gasteiger partial charge in [-0.05, 0) is 44.7 Å². The fraction of sp³-hybridized carbons (Fsp3) is 0.656. The lowest BCUT2D eigenvalue weighted by atomic mass is 9.95. The summed E-state index contributed by atoms with van der Waals surface area (Å²) in [5.41, 5.74) is 0.906. The third-order valence-corrected chi connectivity index (χ3v) is 9.64. The number of thiocarbonyl (C=S) groups is 1. The number of hydrogen-bond donors (Lipinski definition) is 0. The van der Waals surface area contributed by atoms with Crippen LogP contribution < -0.4 is 10.5 Å². The third kappa shape index (κ3) is 8.47. The van der Waals surface area contributed by atoms with E-state index in [1.54, 1.807) is 31.9 Å². The number of unbranched alkanes of at least 4 members (excludes halogenated alkanes) is 9. The summed E-state index contributed by atoms with van der Waals surface area (Å²) >= 11 is 6.87. The van der Waals surface area contributed by atoms with Gasteiger partial charge in [0.15, 0.2) is 0 Å². The Kier molecular flexibility index (Phi) is 13.6. The van der Waals surface area contributed by atoms with Gasteiger partial charge in [-0.15, -0.1) is 0 Å². The molecule has 3 heterocycles. The highest BCUT2D eigenvalue weighted by Crippen LogP contribution is 2.36. The van der Waals surface area contributed by atoms with Gasteiger partial charge >= 0.3 is 5.97 Å². The second kappa shape index (κ2) is 16.9. The number of pyridine rings is 1. The maximum Gasteiger partial charge on any atom is 0.309 e. The van der Waals surface area contributed by atoms with E-state index in [1.165, 1.54) is 67.7 Å². The van der Waals surface area contributed by atoms with Crippen LogP contribution in [0.3, 0.4) is 0 Å². The minimum Gasteiger partial charge on any atom is -0.466 e. The summed E-state index contributed by atoms with van der Waals surface area (Å²) in [6, 6.07) is 2.06. The van der Waals surface area contributed by atoms with E-state index < -0.39 is 0 Å². The normalized spacial score (nSPS) is 16.9. The number of rotatable bonds is 15. The number of amides is 1. The number of carbonyl (C=O) groups is 2. The monoisotopic (exact) mass is 614 g/mol. The van der Waals surface area contributed by atoms with Gasteiger partial charge in [-0.2, -0.15) is 5.26 Å². The Morgan fingerprint density at radius 3 is 2.21 bits per heavy atom. The molecule has 0 aliphatic carbocycles.